The average Bonchev–Trinajstić information content (AvgIpc) is 3.56. The summed E-state index contributed by atoms with van der Waals surface area (Å²) in [6.45, 7) is 3.81. The highest BCUT2D eigenvalue weighted by Crippen LogP contribution is 2.39. The molecule has 0 bridgehead atoms. The predicted octanol–water partition coefficient (Wildman–Crippen LogP) is 4.10. The standard InChI is InChI=1S/C22H25ClFN7O/c23-17-12-25-22(28-21(17)27-20-11-18(29-30-20)14-1-2-14)26-19(13-31-7-9-32-10-8-31)15-3-5-16(24)6-4-15/h3-6,11-12,14,19H,1-2,7-10,13H2,(H3,25,26,27,28,29,30)/t19-/m0/s1. The highest BCUT2D eigenvalue weighted by molar-refractivity contribution is 6.32. The molecule has 3 N–H and O–H groups in total. The first-order valence-electron chi connectivity index (χ1n) is 10.8. The van der Waals surface area contributed by atoms with E-state index in [0.29, 0.717) is 48.3 Å². The van der Waals surface area contributed by atoms with Gasteiger partial charge in [0.05, 0.1) is 25.5 Å². The molecule has 3 aromatic rings. The number of H-pyrrole nitrogens is 1. The second-order valence-corrected chi connectivity index (χ2v) is 8.57. The van der Waals surface area contributed by atoms with Crippen molar-refractivity contribution < 1.29 is 9.13 Å². The molecule has 1 aliphatic heterocycles. The molecule has 2 fully saturated rings. The van der Waals surface area contributed by atoms with Crippen molar-refractivity contribution in [2.24, 2.45) is 0 Å². The van der Waals surface area contributed by atoms with E-state index in [4.69, 9.17) is 16.3 Å². The van der Waals surface area contributed by atoms with Crippen LogP contribution in [0.4, 0.5) is 22.0 Å². The zero-order valence-corrected chi connectivity index (χ0v) is 18.3. The lowest BCUT2D eigenvalue weighted by molar-refractivity contribution is 0.0360. The summed E-state index contributed by atoms with van der Waals surface area (Å²) in [5.74, 6) is 1.88. The lowest BCUT2D eigenvalue weighted by atomic mass is 10.1. The minimum Gasteiger partial charge on any atom is -0.379 e. The molecule has 1 aliphatic carbocycles. The fourth-order valence-corrected chi connectivity index (χ4v) is 3.92. The number of benzene rings is 1. The summed E-state index contributed by atoms with van der Waals surface area (Å²) in [5.41, 5.74) is 2.07. The van der Waals surface area contributed by atoms with E-state index in [0.717, 1.165) is 24.3 Å². The Balaban J connectivity index is 1.34. The smallest absolute Gasteiger partial charge is 0.225 e. The number of aromatic amines is 1. The van der Waals surface area contributed by atoms with Gasteiger partial charge in [-0.3, -0.25) is 10.00 Å². The van der Waals surface area contributed by atoms with E-state index < -0.39 is 0 Å². The lowest BCUT2D eigenvalue weighted by Crippen LogP contribution is -2.40. The normalized spacial score (nSPS) is 17.8. The number of ether oxygens (including phenoxy) is 1. The van der Waals surface area contributed by atoms with Gasteiger partial charge in [0, 0.05) is 37.3 Å². The molecule has 168 valence electrons. The molecule has 1 saturated carbocycles. The van der Waals surface area contributed by atoms with Gasteiger partial charge in [0.1, 0.15) is 10.8 Å². The first-order valence-corrected chi connectivity index (χ1v) is 11.2. The highest BCUT2D eigenvalue weighted by Gasteiger charge is 2.26. The topological polar surface area (TPSA) is 91.0 Å². The van der Waals surface area contributed by atoms with Gasteiger partial charge in [0.25, 0.3) is 0 Å². The van der Waals surface area contributed by atoms with Crippen molar-refractivity contribution >= 4 is 29.2 Å². The van der Waals surface area contributed by atoms with Gasteiger partial charge in [-0.1, -0.05) is 23.7 Å². The zero-order chi connectivity index (χ0) is 21.9. The molecular formula is C22H25ClFN7O. The number of nitrogens with one attached hydrogen (secondary N) is 3. The molecule has 0 amide bonds. The summed E-state index contributed by atoms with van der Waals surface area (Å²) in [6.07, 6.45) is 3.94. The molecule has 2 aliphatic rings. The van der Waals surface area contributed by atoms with Crippen LogP contribution in [-0.4, -0.2) is 57.9 Å². The summed E-state index contributed by atoms with van der Waals surface area (Å²) in [5, 5.41) is 14.3. The minimum absolute atomic E-state index is 0.130. The molecule has 0 unspecified atom stereocenters. The molecule has 1 atom stereocenters. The van der Waals surface area contributed by atoms with Gasteiger partial charge >= 0.3 is 0 Å². The van der Waals surface area contributed by atoms with E-state index in [1.165, 1.54) is 25.0 Å². The molecule has 2 aromatic heterocycles. The second-order valence-electron chi connectivity index (χ2n) is 8.16. The number of aromatic nitrogens is 4. The minimum atomic E-state index is -0.266. The summed E-state index contributed by atoms with van der Waals surface area (Å²) in [6, 6.07) is 8.36. The number of nitrogens with zero attached hydrogens (tertiary/aromatic N) is 4. The number of halogens is 2. The van der Waals surface area contributed by atoms with Crippen molar-refractivity contribution in [3.63, 3.8) is 0 Å². The Hall–Kier alpha value is -2.75. The van der Waals surface area contributed by atoms with E-state index >= 15 is 0 Å². The molecule has 1 saturated heterocycles. The monoisotopic (exact) mass is 457 g/mol. The third-order valence-electron chi connectivity index (χ3n) is 5.73. The number of rotatable bonds is 8. The Bertz CT molecular complexity index is 1050. The summed E-state index contributed by atoms with van der Waals surface area (Å²) >= 11 is 6.34. The lowest BCUT2D eigenvalue weighted by Gasteiger charge is -2.31. The van der Waals surface area contributed by atoms with Crippen LogP contribution < -0.4 is 10.6 Å². The molecular weight excluding hydrogens is 433 g/mol. The van der Waals surface area contributed by atoms with Gasteiger partial charge in [-0.2, -0.15) is 10.1 Å². The van der Waals surface area contributed by atoms with Crippen molar-refractivity contribution in [1.29, 1.82) is 0 Å². The van der Waals surface area contributed by atoms with Crippen LogP contribution in [0.2, 0.25) is 5.02 Å². The SMILES string of the molecule is Fc1ccc([C@H](CN2CCOCC2)Nc2ncc(Cl)c(Nc3cc(C4CC4)[nH]n3)n2)cc1. The molecule has 32 heavy (non-hydrogen) atoms. The Morgan fingerprint density at radius 2 is 2.00 bits per heavy atom. The molecule has 8 nitrogen and oxygen atoms in total. The second kappa shape index (κ2) is 9.40. The maximum atomic E-state index is 13.5. The van der Waals surface area contributed by atoms with E-state index in [1.54, 1.807) is 18.3 Å². The average molecular weight is 458 g/mol. The van der Waals surface area contributed by atoms with Gasteiger partial charge in [-0.15, -0.1) is 0 Å². The van der Waals surface area contributed by atoms with E-state index in [-0.39, 0.29) is 11.9 Å². The van der Waals surface area contributed by atoms with Gasteiger partial charge < -0.3 is 15.4 Å². The molecule has 10 heteroatoms. The predicted molar refractivity (Wildman–Crippen MR) is 121 cm³/mol. The summed E-state index contributed by atoms with van der Waals surface area (Å²) < 4.78 is 19.0. The fourth-order valence-electron chi connectivity index (χ4n) is 3.78. The Morgan fingerprint density at radius 3 is 2.75 bits per heavy atom. The highest BCUT2D eigenvalue weighted by atomic mass is 35.5. The van der Waals surface area contributed by atoms with Crippen LogP contribution in [0.25, 0.3) is 0 Å². The van der Waals surface area contributed by atoms with Gasteiger partial charge in [-0.05, 0) is 30.5 Å². The largest absolute Gasteiger partial charge is 0.379 e. The fraction of sp³-hybridized carbons (Fsp3) is 0.409. The third kappa shape index (κ3) is 5.17. The zero-order valence-electron chi connectivity index (χ0n) is 17.5. The van der Waals surface area contributed by atoms with E-state index in [2.05, 4.69) is 35.7 Å². The Kier molecular flexibility index (Phi) is 6.20. The first-order chi connectivity index (χ1) is 15.6. The van der Waals surface area contributed by atoms with Crippen LogP contribution in [-0.2, 0) is 4.74 Å². The van der Waals surface area contributed by atoms with Crippen LogP contribution in [0.3, 0.4) is 0 Å². The quantitative estimate of drug-likeness (QED) is 0.469. The van der Waals surface area contributed by atoms with Crippen LogP contribution in [0, 0.1) is 5.82 Å². The first kappa shape index (κ1) is 21.1. The van der Waals surface area contributed by atoms with Crippen LogP contribution >= 0.6 is 11.6 Å². The molecule has 3 heterocycles. The Morgan fingerprint density at radius 1 is 1.22 bits per heavy atom. The van der Waals surface area contributed by atoms with Gasteiger partial charge in [0.2, 0.25) is 5.95 Å². The molecule has 0 spiro atoms. The maximum Gasteiger partial charge on any atom is 0.225 e. The van der Waals surface area contributed by atoms with Crippen LogP contribution in [0.5, 0.6) is 0 Å². The van der Waals surface area contributed by atoms with Crippen LogP contribution in [0.1, 0.15) is 36.1 Å². The molecule has 5 rings (SSSR count). The number of hydrogen-bond donors (Lipinski definition) is 3. The van der Waals surface area contributed by atoms with E-state index in [1.807, 2.05) is 6.07 Å². The van der Waals surface area contributed by atoms with Crippen molar-refractivity contribution in [3.8, 4) is 0 Å². The Labute approximate surface area is 190 Å². The number of morpholine rings is 1. The van der Waals surface area contributed by atoms with Gasteiger partial charge in [-0.25, -0.2) is 9.37 Å². The number of anilines is 3. The summed E-state index contributed by atoms with van der Waals surface area (Å²) in [7, 11) is 0. The van der Waals surface area contributed by atoms with Crippen molar-refractivity contribution in [3.05, 3.63) is 58.6 Å². The van der Waals surface area contributed by atoms with Crippen molar-refractivity contribution in [2.75, 3.05) is 43.5 Å². The van der Waals surface area contributed by atoms with Crippen molar-refractivity contribution in [2.45, 2.75) is 24.8 Å². The van der Waals surface area contributed by atoms with Gasteiger partial charge in [0.15, 0.2) is 11.6 Å². The molecule has 0 radical (unpaired) electrons. The third-order valence-corrected chi connectivity index (χ3v) is 6.00. The molecule has 1 aromatic carbocycles. The van der Waals surface area contributed by atoms with Crippen LogP contribution in [0.15, 0.2) is 36.5 Å². The summed E-state index contributed by atoms with van der Waals surface area (Å²) in [4.78, 5) is 11.2. The van der Waals surface area contributed by atoms with Crippen molar-refractivity contribution in [1.82, 2.24) is 25.1 Å². The number of hydrogen-bond acceptors (Lipinski definition) is 7. The van der Waals surface area contributed by atoms with E-state index in [9.17, 15) is 4.39 Å². The maximum absolute atomic E-state index is 13.5.